The summed E-state index contributed by atoms with van der Waals surface area (Å²) in [6.07, 6.45) is 12.2. The van der Waals surface area contributed by atoms with Crippen molar-refractivity contribution in [2.45, 2.75) is 71.4 Å². The highest BCUT2D eigenvalue weighted by Gasteiger charge is 2.47. The number of aromatic nitrogens is 4. The average Bonchev–Trinajstić information content (AvgIpc) is 3.50. The van der Waals surface area contributed by atoms with E-state index in [0.717, 1.165) is 51.3 Å². The highest BCUT2D eigenvalue weighted by atomic mass is 16.2. The van der Waals surface area contributed by atoms with Gasteiger partial charge in [-0.1, -0.05) is 0 Å². The molecule has 0 bridgehead atoms. The molecule has 2 fully saturated rings. The van der Waals surface area contributed by atoms with Crippen molar-refractivity contribution in [1.82, 2.24) is 29.8 Å². The molecule has 1 N–H and O–H groups in total. The van der Waals surface area contributed by atoms with Gasteiger partial charge in [0.1, 0.15) is 0 Å². The minimum Gasteiger partial charge on any atom is -0.338 e. The highest BCUT2D eigenvalue weighted by molar-refractivity contribution is 5.77. The summed E-state index contributed by atoms with van der Waals surface area (Å²) in [5, 5.41) is 13.3. The highest BCUT2D eigenvalue weighted by Crippen LogP contribution is 2.55. The molecule has 1 aliphatic carbocycles. The fourth-order valence-corrected chi connectivity index (χ4v) is 7.52. The van der Waals surface area contributed by atoms with Crippen LogP contribution in [0.15, 0.2) is 24.5 Å². The van der Waals surface area contributed by atoms with Gasteiger partial charge in [-0.2, -0.15) is 10.2 Å². The number of aryl methyl sites for hydroxylation is 3. The SMILES string of the molecule is CC(=O)N1CCc2c(c(N3CCCc4cc(-c5cnn(C)c5)c(C)cc43)nn2C2CC3(CCNCC3)C2)C1. The maximum Gasteiger partial charge on any atom is 0.219 e. The molecule has 8 heteroatoms. The second kappa shape index (κ2) is 8.97. The molecule has 0 radical (unpaired) electrons. The molecule has 0 unspecified atom stereocenters. The van der Waals surface area contributed by atoms with E-state index in [-0.39, 0.29) is 5.91 Å². The number of nitrogens with zero attached hydrogens (tertiary/aromatic N) is 6. The van der Waals surface area contributed by atoms with Crippen LogP contribution in [0.5, 0.6) is 0 Å². The van der Waals surface area contributed by atoms with Crippen molar-refractivity contribution in [3.8, 4) is 11.1 Å². The zero-order valence-electron chi connectivity index (χ0n) is 23.0. The number of nitrogens with one attached hydrogen (secondary N) is 1. The molecule has 4 aliphatic rings. The lowest BCUT2D eigenvalue weighted by Gasteiger charge is -2.50. The average molecular weight is 514 g/mol. The standard InChI is InChI=1S/C30H39N7O/c1-20-13-28-22(14-25(20)23-17-32-34(3)18-23)5-4-11-36(28)29-26-19-35(21(2)38)12-6-27(26)37(33-29)24-15-30(16-24)7-9-31-10-8-30/h13-14,17-18,24,31H,4-12,15-16,19H2,1-3H3. The summed E-state index contributed by atoms with van der Waals surface area (Å²) < 4.78 is 4.26. The molecule has 1 aromatic carbocycles. The molecule has 3 aliphatic heterocycles. The van der Waals surface area contributed by atoms with E-state index in [9.17, 15) is 4.79 Å². The van der Waals surface area contributed by atoms with Gasteiger partial charge in [0.2, 0.25) is 5.91 Å². The van der Waals surface area contributed by atoms with E-state index in [0.29, 0.717) is 18.0 Å². The number of anilines is 2. The van der Waals surface area contributed by atoms with Crippen LogP contribution in [0.4, 0.5) is 11.5 Å². The molecule has 2 aromatic heterocycles. The Morgan fingerprint density at radius 1 is 1.13 bits per heavy atom. The number of carbonyl (C=O) groups excluding carboxylic acids is 1. The van der Waals surface area contributed by atoms with Gasteiger partial charge in [-0.15, -0.1) is 0 Å². The number of fused-ring (bicyclic) bond motifs is 2. The third-order valence-corrected chi connectivity index (χ3v) is 9.67. The molecular formula is C30H39N7O. The van der Waals surface area contributed by atoms with Crippen LogP contribution in [0.2, 0.25) is 0 Å². The van der Waals surface area contributed by atoms with Crippen molar-refractivity contribution < 1.29 is 4.79 Å². The summed E-state index contributed by atoms with van der Waals surface area (Å²) in [5.41, 5.74) is 9.47. The normalized spacial score (nSPS) is 20.8. The summed E-state index contributed by atoms with van der Waals surface area (Å²) in [7, 11) is 1.97. The zero-order chi connectivity index (χ0) is 26.0. The predicted molar refractivity (Wildman–Crippen MR) is 149 cm³/mol. The van der Waals surface area contributed by atoms with E-state index in [1.807, 2.05) is 22.8 Å². The topological polar surface area (TPSA) is 71.2 Å². The Morgan fingerprint density at radius 3 is 2.68 bits per heavy atom. The van der Waals surface area contributed by atoms with E-state index in [4.69, 9.17) is 5.10 Å². The molecule has 38 heavy (non-hydrogen) atoms. The van der Waals surface area contributed by atoms with Crippen LogP contribution >= 0.6 is 0 Å². The largest absolute Gasteiger partial charge is 0.338 e. The lowest BCUT2D eigenvalue weighted by molar-refractivity contribution is -0.129. The lowest BCUT2D eigenvalue weighted by Crippen LogP contribution is -2.46. The number of piperidine rings is 1. The molecule has 8 nitrogen and oxygen atoms in total. The number of amides is 1. The molecular weight excluding hydrogens is 474 g/mol. The molecule has 1 amide bonds. The van der Waals surface area contributed by atoms with Gasteiger partial charge in [-0.05, 0) is 92.8 Å². The Kier molecular flexibility index (Phi) is 5.65. The molecule has 7 rings (SSSR count). The van der Waals surface area contributed by atoms with Crippen molar-refractivity contribution in [3.63, 3.8) is 0 Å². The Balaban J connectivity index is 1.27. The second-order valence-electron chi connectivity index (χ2n) is 12.1. The molecule has 1 saturated heterocycles. The van der Waals surface area contributed by atoms with E-state index in [2.05, 4.69) is 45.3 Å². The van der Waals surface area contributed by atoms with Crippen LogP contribution in [-0.4, -0.2) is 56.5 Å². The summed E-state index contributed by atoms with van der Waals surface area (Å²) in [6.45, 7) is 8.61. The number of carbonyl (C=O) groups is 1. The second-order valence-corrected chi connectivity index (χ2v) is 12.1. The van der Waals surface area contributed by atoms with Crippen LogP contribution in [0.25, 0.3) is 11.1 Å². The zero-order valence-corrected chi connectivity index (χ0v) is 23.0. The van der Waals surface area contributed by atoms with E-state index >= 15 is 0 Å². The van der Waals surface area contributed by atoms with Gasteiger partial charge < -0.3 is 15.1 Å². The van der Waals surface area contributed by atoms with Gasteiger partial charge in [-0.3, -0.25) is 14.2 Å². The third kappa shape index (κ3) is 3.87. The predicted octanol–water partition coefficient (Wildman–Crippen LogP) is 4.29. The Bertz CT molecular complexity index is 1390. The van der Waals surface area contributed by atoms with Gasteiger partial charge in [-0.25, -0.2) is 0 Å². The van der Waals surface area contributed by atoms with E-state index < -0.39 is 0 Å². The fourth-order valence-electron chi connectivity index (χ4n) is 7.52. The van der Waals surface area contributed by atoms with Gasteiger partial charge in [0.15, 0.2) is 5.82 Å². The Labute approximate surface area is 225 Å². The van der Waals surface area contributed by atoms with Crippen LogP contribution in [0, 0.1) is 12.3 Å². The van der Waals surface area contributed by atoms with Crippen LogP contribution in [-0.2, 0) is 31.2 Å². The molecule has 5 heterocycles. The third-order valence-electron chi connectivity index (χ3n) is 9.67. The Morgan fingerprint density at radius 2 is 1.95 bits per heavy atom. The summed E-state index contributed by atoms with van der Waals surface area (Å²) in [4.78, 5) is 16.8. The number of hydrogen-bond acceptors (Lipinski definition) is 5. The Hall–Kier alpha value is -3.13. The van der Waals surface area contributed by atoms with Crippen molar-refractivity contribution >= 4 is 17.4 Å². The molecule has 0 atom stereocenters. The smallest absolute Gasteiger partial charge is 0.219 e. The maximum atomic E-state index is 12.4. The van der Waals surface area contributed by atoms with E-state index in [1.54, 1.807) is 6.92 Å². The van der Waals surface area contributed by atoms with Crippen LogP contribution in [0.1, 0.15) is 67.5 Å². The fraction of sp³-hybridized carbons (Fsp3) is 0.567. The molecule has 1 saturated carbocycles. The lowest BCUT2D eigenvalue weighted by atomic mass is 9.60. The van der Waals surface area contributed by atoms with Gasteiger partial charge in [0.05, 0.1) is 18.8 Å². The quantitative estimate of drug-likeness (QED) is 0.566. The first-order valence-corrected chi connectivity index (χ1v) is 14.4. The first-order valence-electron chi connectivity index (χ1n) is 14.4. The summed E-state index contributed by atoms with van der Waals surface area (Å²) in [6, 6.07) is 5.20. The number of hydrogen-bond donors (Lipinski definition) is 1. The van der Waals surface area contributed by atoms with E-state index in [1.165, 1.54) is 64.9 Å². The monoisotopic (exact) mass is 513 g/mol. The number of benzene rings is 1. The van der Waals surface area contributed by atoms with Gasteiger partial charge in [0.25, 0.3) is 0 Å². The van der Waals surface area contributed by atoms with Crippen molar-refractivity contribution in [3.05, 3.63) is 46.9 Å². The first-order chi connectivity index (χ1) is 18.4. The molecule has 200 valence electrons. The molecule has 3 aromatic rings. The summed E-state index contributed by atoms with van der Waals surface area (Å²) >= 11 is 0. The van der Waals surface area contributed by atoms with Gasteiger partial charge in [0, 0.05) is 62.2 Å². The maximum absolute atomic E-state index is 12.4. The van der Waals surface area contributed by atoms with Crippen molar-refractivity contribution in [1.29, 1.82) is 0 Å². The minimum absolute atomic E-state index is 0.155. The molecule has 1 spiro atoms. The van der Waals surface area contributed by atoms with Crippen molar-refractivity contribution in [2.24, 2.45) is 12.5 Å². The van der Waals surface area contributed by atoms with Crippen LogP contribution < -0.4 is 10.2 Å². The number of rotatable bonds is 3. The summed E-state index contributed by atoms with van der Waals surface area (Å²) in [5.74, 6) is 1.23. The van der Waals surface area contributed by atoms with Crippen LogP contribution in [0.3, 0.4) is 0 Å². The first kappa shape index (κ1) is 23.9. The van der Waals surface area contributed by atoms with Crippen molar-refractivity contribution in [2.75, 3.05) is 31.1 Å². The minimum atomic E-state index is 0.155. The van der Waals surface area contributed by atoms with Gasteiger partial charge >= 0.3 is 0 Å².